The summed E-state index contributed by atoms with van der Waals surface area (Å²) in [5, 5.41) is 6.28. The SMILES string of the molecule is CCC1CCN(Cc2cc(-c3cccs3)on2)C(CN)C1. The molecule has 1 saturated heterocycles. The van der Waals surface area contributed by atoms with E-state index in [2.05, 4.69) is 34.5 Å². The van der Waals surface area contributed by atoms with Crippen LogP contribution in [-0.2, 0) is 6.54 Å². The van der Waals surface area contributed by atoms with Gasteiger partial charge in [-0.3, -0.25) is 4.90 Å². The van der Waals surface area contributed by atoms with Crippen LogP contribution >= 0.6 is 11.3 Å². The summed E-state index contributed by atoms with van der Waals surface area (Å²) in [6.45, 7) is 4.96. The molecule has 3 heterocycles. The van der Waals surface area contributed by atoms with Crippen LogP contribution in [0.5, 0.6) is 0 Å². The van der Waals surface area contributed by atoms with E-state index in [0.717, 1.165) is 41.9 Å². The molecule has 1 aliphatic heterocycles. The van der Waals surface area contributed by atoms with E-state index >= 15 is 0 Å². The molecule has 0 aliphatic carbocycles. The summed E-state index contributed by atoms with van der Waals surface area (Å²) in [5.41, 5.74) is 6.97. The molecule has 0 aromatic carbocycles. The number of rotatable bonds is 5. The maximum absolute atomic E-state index is 5.96. The standard InChI is InChI=1S/C16H23N3OS/c1-2-12-5-6-19(14(8-12)10-17)11-13-9-15(20-18-13)16-4-3-7-21-16/h3-4,7,9,12,14H,2,5-6,8,10-11,17H2,1H3. The van der Waals surface area contributed by atoms with Crippen LogP contribution < -0.4 is 5.73 Å². The summed E-state index contributed by atoms with van der Waals surface area (Å²) < 4.78 is 5.46. The van der Waals surface area contributed by atoms with E-state index < -0.39 is 0 Å². The van der Waals surface area contributed by atoms with Crippen LogP contribution in [0, 0.1) is 5.92 Å². The van der Waals surface area contributed by atoms with Crippen molar-refractivity contribution in [1.29, 1.82) is 0 Å². The molecule has 2 N–H and O–H groups in total. The van der Waals surface area contributed by atoms with E-state index in [1.807, 2.05) is 6.07 Å². The second kappa shape index (κ2) is 6.73. The molecule has 0 bridgehead atoms. The molecule has 1 fully saturated rings. The smallest absolute Gasteiger partial charge is 0.177 e. The van der Waals surface area contributed by atoms with Gasteiger partial charge in [0.1, 0.15) is 0 Å². The van der Waals surface area contributed by atoms with Crippen molar-refractivity contribution in [3.63, 3.8) is 0 Å². The fourth-order valence-electron chi connectivity index (χ4n) is 3.14. The molecule has 4 nitrogen and oxygen atoms in total. The van der Waals surface area contributed by atoms with Crippen molar-refractivity contribution in [1.82, 2.24) is 10.1 Å². The van der Waals surface area contributed by atoms with Crippen molar-refractivity contribution in [2.75, 3.05) is 13.1 Å². The molecule has 5 heteroatoms. The second-order valence-corrected chi connectivity index (χ2v) is 6.77. The maximum atomic E-state index is 5.96. The fraction of sp³-hybridized carbons (Fsp3) is 0.562. The van der Waals surface area contributed by atoms with Gasteiger partial charge in [0.2, 0.25) is 0 Å². The molecule has 0 amide bonds. The lowest BCUT2D eigenvalue weighted by Crippen LogP contribution is -2.46. The average Bonchev–Trinajstić information content (AvgIpc) is 3.18. The van der Waals surface area contributed by atoms with Crippen molar-refractivity contribution >= 4 is 11.3 Å². The van der Waals surface area contributed by atoms with Crippen LogP contribution in [0.1, 0.15) is 31.9 Å². The molecular formula is C16H23N3OS. The molecule has 2 aromatic heterocycles. The third-order valence-corrected chi connectivity index (χ3v) is 5.37. The lowest BCUT2D eigenvalue weighted by Gasteiger charge is -2.38. The lowest BCUT2D eigenvalue weighted by molar-refractivity contribution is 0.105. The molecule has 21 heavy (non-hydrogen) atoms. The Kier molecular flexibility index (Phi) is 4.73. The molecule has 0 saturated carbocycles. The van der Waals surface area contributed by atoms with Gasteiger partial charge < -0.3 is 10.3 Å². The minimum Gasteiger partial charge on any atom is -0.355 e. The van der Waals surface area contributed by atoms with Crippen molar-refractivity contribution in [3.8, 4) is 10.6 Å². The van der Waals surface area contributed by atoms with Gasteiger partial charge in [0.05, 0.1) is 10.6 Å². The molecule has 0 radical (unpaired) electrons. The van der Waals surface area contributed by atoms with Gasteiger partial charge in [-0.05, 0) is 36.8 Å². The van der Waals surface area contributed by atoms with Gasteiger partial charge in [0.25, 0.3) is 0 Å². The molecule has 2 aromatic rings. The number of aromatic nitrogens is 1. The van der Waals surface area contributed by atoms with Crippen molar-refractivity contribution in [3.05, 3.63) is 29.3 Å². The van der Waals surface area contributed by atoms with Gasteiger partial charge in [-0.25, -0.2) is 0 Å². The number of hydrogen-bond acceptors (Lipinski definition) is 5. The number of nitrogens with zero attached hydrogens (tertiary/aromatic N) is 2. The highest BCUT2D eigenvalue weighted by molar-refractivity contribution is 7.13. The van der Waals surface area contributed by atoms with E-state index in [9.17, 15) is 0 Å². The largest absolute Gasteiger partial charge is 0.355 e. The Morgan fingerprint density at radius 3 is 3.14 bits per heavy atom. The van der Waals surface area contributed by atoms with Crippen LogP contribution in [0.2, 0.25) is 0 Å². The monoisotopic (exact) mass is 305 g/mol. The van der Waals surface area contributed by atoms with Crippen LogP contribution in [-0.4, -0.2) is 29.2 Å². The topological polar surface area (TPSA) is 55.3 Å². The van der Waals surface area contributed by atoms with Gasteiger partial charge in [-0.1, -0.05) is 24.6 Å². The van der Waals surface area contributed by atoms with E-state index in [1.165, 1.54) is 19.3 Å². The Balaban J connectivity index is 1.66. The Morgan fingerprint density at radius 1 is 1.52 bits per heavy atom. The highest BCUT2D eigenvalue weighted by atomic mass is 32.1. The number of nitrogens with two attached hydrogens (primary N) is 1. The van der Waals surface area contributed by atoms with Crippen molar-refractivity contribution in [2.45, 2.75) is 38.8 Å². The lowest BCUT2D eigenvalue weighted by atomic mass is 9.89. The average molecular weight is 305 g/mol. The summed E-state index contributed by atoms with van der Waals surface area (Å²) in [4.78, 5) is 3.59. The molecule has 114 valence electrons. The first-order valence-electron chi connectivity index (χ1n) is 7.73. The van der Waals surface area contributed by atoms with Gasteiger partial charge in [-0.2, -0.15) is 0 Å². The zero-order chi connectivity index (χ0) is 14.7. The van der Waals surface area contributed by atoms with Gasteiger partial charge in [0, 0.05) is 25.2 Å². The Labute approximate surface area is 129 Å². The number of likely N-dealkylation sites (tertiary alicyclic amines) is 1. The first-order valence-corrected chi connectivity index (χ1v) is 8.61. The van der Waals surface area contributed by atoms with Crippen LogP contribution in [0.15, 0.2) is 28.1 Å². The minimum atomic E-state index is 0.477. The first kappa shape index (κ1) is 14.8. The highest BCUT2D eigenvalue weighted by Gasteiger charge is 2.27. The molecule has 1 aliphatic rings. The number of piperidine rings is 1. The number of thiophene rings is 1. The fourth-order valence-corrected chi connectivity index (χ4v) is 3.81. The van der Waals surface area contributed by atoms with E-state index in [1.54, 1.807) is 11.3 Å². The van der Waals surface area contributed by atoms with E-state index in [-0.39, 0.29) is 0 Å². The van der Waals surface area contributed by atoms with Crippen LogP contribution in [0.3, 0.4) is 0 Å². The Hall–Kier alpha value is -1.17. The Bertz CT molecular complexity index is 552. The van der Waals surface area contributed by atoms with Crippen molar-refractivity contribution < 1.29 is 4.52 Å². The molecule has 2 atom stereocenters. The molecule has 0 spiro atoms. The normalized spacial score (nSPS) is 23.5. The quantitative estimate of drug-likeness (QED) is 0.920. The van der Waals surface area contributed by atoms with Crippen LogP contribution in [0.4, 0.5) is 0 Å². The number of hydrogen-bond donors (Lipinski definition) is 1. The van der Waals surface area contributed by atoms with Crippen LogP contribution in [0.25, 0.3) is 10.6 Å². The predicted octanol–water partition coefficient (Wildman–Crippen LogP) is 3.35. The summed E-state index contributed by atoms with van der Waals surface area (Å²) in [6.07, 6.45) is 3.74. The van der Waals surface area contributed by atoms with E-state index in [4.69, 9.17) is 10.3 Å². The third kappa shape index (κ3) is 3.36. The predicted molar refractivity (Wildman–Crippen MR) is 86.1 cm³/mol. The summed E-state index contributed by atoms with van der Waals surface area (Å²) in [5.74, 6) is 1.70. The summed E-state index contributed by atoms with van der Waals surface area (Å²) >= 11 is 1.68. The van der Waals surface area contributed by atoms with Gasteiger partial charge >= 0.3 is 0 Å². The first-order chi connectivity index (χ1) is 10.3. The second-order valence-electron chi connectivity index (χ2n) is 5.82. The summed E-state index contributed by atoms with van der Waals surface area (Å²) in [6, 6.07) is 6.63. The molecular weight excluding hydrogens is 282 g/mol. The van der Waals surface area contributed by atoms with Gasteiger partial charge in [0.15, 0.2) is 5.76 Å². The summed E-state index contributed by atoms with van der Waals surface area (Å²) in [7, 11) is 0. The zero-order valence-corrected chi connectivity index (χ0v) is 13.3. The maximum Gasteiger partial charge on any atom is 0.177 e. The van der Waals surface area contributed by atoms with E-state index in [0.29, 0.717) is 6.04 Å². The Morgan fingerprint density at radius 2 is 2.43 bits per heavy atom. The zero-order valence-electron chi connectivity index (χ0n) is 12.5. The van der Waals surface area contributed by atoms with Gasteiger partial charge in [-0.15, -0.1) is 11.3 Å². The molecule has 2 unspecified atom stereocenters. The minimum absolute atomic E-state index is 0.477. The van der Waals surface area contributed by atoms with Crippen molar-refractivity contribution in [2.24, 2.45) is 11.7 Å². The molecule has 3 rings (SSSR count). The third-order valence-electron chi connectivity index (χ3n) is 4.48. The highest BCUT2D eigenvalue weighted by Crippen LogP contribution is 2.28.